The van der Waals surface area contributed by atoms with E-state index in [-0.39, 0.29) is 28.7 Å². The van der Waals surface area contributed by atoms with Crippen LogP contribution in [-0.4, -0.2) is 50.6 Å². The van der Waals surface area contributed by atoms with E-state index in [0.29, 0.717) is 30.0 Å². The Bertz CT molecular complexity index is 1220. The maximum absolute atomic E-state index is 13.2. The Kier molecular flexibility index (Phi) is 7.87. The molecule has 7 nitrogen and oxygen atoms in total. The molecule has 0 radical (unpaired) electrons. The SMILES string of the molecule is Cn1ccnc1CC(O)N1CCCCC1C(=O)Nc1ccc(-c2ccccc2OC(F)(F)F)c(Cl)c1. The fraction of sp³-hybridized carbons (Fsp3) is 0.360. The van der Waals surface area contributed by atoms with Crippen molar-refractivity contribution in [2.45, 2.75) is 44.3 Å². The van der Waals surface area contributed by atoms with Crippen molar-refractivity contribution in [2.24, 2.45) is 7.05 Å². The highest BCUT2D eigenvalue weighted by Crippen LogP contribution is 2.38. The number of benzene rings is 2. The lowest BCUT2D eigenvalue weighted by atomic mass is 10.00. The second-order valence-corrected chi connectivity index (χ2v) is 9.02. The molecule has 2 atom stereocenters. The summed E-state index contributed by atoms with van der Waals surface area (Å²) < 4.78 is 44.4. The Labute approximate surface area is 211 Å². The minimum Gasteiger partial charge on any atom is -0.405 e. The van der Waals surface area contributed by atoms with E-state index >= 15 is 0 Å². The Morgan fingerprint density at radius 3 is 2.72 bits per heavy atom. The molecule has 2 unspecified atom stereocenters. The normalized spacial score (nSPS) is 17.6. The van der Waals surface area contributed by atoms with Gasteiger partial charge in [0, 0.05) is 49.2 Å². The first kappa shape index (κ1) is 26.0. The van der Waals surface area contributed by atoms with E-state index in [1.807, 2.05) is 11.6 Å². The number of ether oxygens (including phenoxy) is 1. The van der Waals surface area contributed by atoms with Gasteiger partial charge >= 0.3 is 6.36 Å². The monoisotopic (exact) mass is 522 g/mol. The van der Waals surface area contributed by atoms with Crippen molar-refractivity contribution in [3.8, 4) is 16.9 Å². The number of nitrogens with zero attached hydrogens (tertiary/aromatic N) is 3. The van der Waals surface area contributed by atoms with E-state index in [4.69, 9.17) is 11.6 Å². The van der Waals surface area contributed by atoms with Crippen LogP contribution in [0.2, 0.25) is 5.02 Å². The molecule has 1 saturated heterocycles. The number of alkyl halides is 3. The highest BCUT2D eigenvalue weighted by Gasteiger charge is 2.34. The van der Waals surface area contributed by atoms with Crippen LogP contribution in [0.3, 0.4) is 0 Å². The number of para-hydroxylation sites is 1. The number of aromatic nitrogens is 2. The lowest BCUT2D eigenvalue weighted by Gasteiger charge is -2.37. The molecule has 11 heteroatoms. The summed E-state index contributed by atoms with van der Waals surface area (Å²) in [5.74, 6) is 0.0471. The van der Waals surface area contributed by atoms with Gasteiger partial charge in [-0.1, -0.05) is 42.3 Å². The van der Waals surface area contributed by atoms with Gasteiger partial charge in [-0.05, 0) is 31.0 Å². The average molecular weight is 523 g/mol. The third kappa shape index (κ3) is 6.18. The molecule has 4 rings (SSSR count). The van der Waals surface area contributed by atoms with Crippen molar-refractivity contribution in [3.63, 3.8) is 0 Å². The van der Waals surface area contributed by atoms with Gasteiger partial charge in [0.1, 0.15) is 17.8 Å². The molecule has 2 aromatic carbocycles. The molecular formula is C25H26ClF3N4O3. The van der Waals surface area contributed by atoms with Crippen LogP contribution in [0.1, 0.15) is 25.1 Å². The van der Waals surface area contributed by atoms with Gasteiger partial charge in [0.2, 0.25) is 5.91 Å². The van der Waals surface area contributed by atoms with E-state index in [9.17, 15) is 23.1 Å². The first-order chi connectivity index (χ1) is 17.1. The molecule has 1 amide bonds. The zero-order chi connectivity index (χ0) is 25.9. The van der Waals surface area contributed by atoms with Crippen molar-refractivity contribution in [1.29, 1.82) is 0 Å². The molecule has 0 aliphatic carbocycles. The lowest BCUT2D eigenvalue weighted by Crippen LogP contribution is -2.52. The summed E-state index contributed by atoms with van der Waals surface area (Å²) in [6, 6.07) is 9.74. The number of likely N-dealkylation sites (tertiary alicyclic amines) is 1. The minimum absolute atomic E-state index is 0.154. The molecule has 0 bridgehead atoms. The van der Waals surface area contributed by atoms with Crippen LogP contribution in [0, 0.1) is 0 Å². The predicted molar refractivity (Wildman–Crippen MR) is 129 cm³/mol. The molecule has 1 aliphatic heterocycles. The van der Waals surface area contributed by atoms with Crippen LogP contribution in [0.15, 0.2) is 54.9 Å². The molecule has 3 aromatic rings. The van der Waals surface area contributed by atoms with Crippen LogP contribution in [0.5, 0.6) is 5.75 Å². The number of aliphatic hydroxyl groups is 1. The topological polar surface area (TPSA) is 79.6 Å². The van der Waals surface area contributed by atoms with Gasteiger partial charge in [0.25, 0.3) is 0 Å². The second kappa shape index (κ2) is 10.9. The molecule has 1 aromatic heterocycles. The number of amides is 1. The van der Waals surface area contributed by atoms with E-state index in [2.05, 4.69) is 15.0 Å². The summed E-state index contributed by atoms with van der Waals surface area (Å²) in [6.45, 7) is 0.569. The maximum Gasteiger partial charge on any atom is 0.573 e. The Morgan fingerprint density at radius 2 is 2.03 bits per heavy atom. The Hall–Kier alpha value is -3.08. The van der Waals surface area contributed by atoms with Gasteiger partial charge in [-0.3, -0.25) is 9.69 Å². The van der Waals surface area contributed by atoms with Gasteiger partial charge in [0.15, 0.2) is 0 Å². The second-order valence-electron chi connectivity index (χ2n) is 8.62. The average Bonchev–Trinajstić information content (AvgIpc) is 3.23. The van der Waals surface area contributed by atoms with Crippen LogP contribution < -0.4 is 10.1 Å². The zero-order valence-electron chi connectivity index (χ0n) is 19.5. The number of halogens is 4. The van der Waals surface area contributed by atoms with Gasteiger partial charge in [-0.25, -0.2) is 4.98 Å². The number of aryl methyl sites for hydroxylation is 1. The van der Waals surface area contributed by atoms with Crippen LogP contribution in [0.4, 0.5) is 18.9 Å². The van der Waals surface area contributed by atoms with Crippen molar-refractivity contribution in [2.75, 3.05) is 11.9 Å². The van der Waals surface area contributed by atoms with Crippen LogP contribution >= 0.6 is 11.6 Å². The predicted octanol–water partition coefficient (Wildman–Crippen LogP) is 4.99. The summed E-state index contributed by atoms with van der Waals surface area (Å²) in [7, 11) is 1.84. The number of piperidine rings is 1. The minimum atomic E-state index is -4.84. The molecule has 1 fully saturated rings. The Balaban J connectivity index is 1.49. The first-order valence-electron chi connectivity index (χ1n) is 11.5. The summed E-state index contributed by atoms with van der Waals surface area (Å²) in [6.07, 6.45) is 0.306. The van der Waals surface area contributed by atoms with Crippen LogP contribution in [-0.2, 0) is 18.3 Å². The number of carbonyl (C=O) groups is 1. The standard InChI is InChI=1S/C25H26ClF3N4O3/c1-32-13-11-30-22(32)15-23(34)33-12-5-4-7-20(33)24(35)31-16-9-10-17(19(26)14-16)18-6-2-3-8-21(18)36-25(27,28)29/h2-3,6,8-11,13-14,20,23,34H,4-5,7,12,15H2,1H3,(H,31,35). The third-order valence-electron chi connectivity index (χ3n) is 6.16. The zero-order valence-corrected chi connectivity index (χ0v) is 20.3. The van der Waals surface area contributed by atoms with Gasteiger partial charge in [-0.15, -0.1) is 13.2 Å². The molecular weight excluding hydrogens is 497 g/mol. The number of nitrogens with one attached hydrogen (secondary N) is 1. The quantitative estimate of drug-likeness (QED) is 0.457. The third-order valence-corrected chi connectivity index (χ3v) is 6.47. The molecule has 2 N–H and O–H groups in total. The van der Waals surface area contributed by atoms with Crippen molar-refractivity contribution < 1.29 is 27.8 Å². The number of rotatable bonds is 7. The molecule has 36 heavy (non-hydrogen) atoms. The summed E-state index contributed by atoms with van der Waals surface area (Å²) in [5.41, 5.74) is 0.903. The van der Waals surface area contributed by atoms with Gasteiger partial charge in [0.05, 0.1) is 11.1 Å². The summed E-state index contributed by atoms with van der Waals surface area (Å²) in [5, 5.41) is 13.8. The number of hydrogen-bond acceptors (Lipinski definition) is 5. The largest absolute Gasteiger partial charge is 0.573 e. The first-order valence-corrected chi connectivity index (χ1v) is 11.9. The van der Waals surface area contributed by atoms with E-state index in [0.717, 1.165) is 12.8 Å². The molecule has 1 aliphatic rings. The van der Waals surface area contributed by atoms with Crippen LogP contribution in [0.25, 0.3) is 11.1 Å². The molecule has 0 spiro atoms. The number of carbonyl (C=O) groups excluding carboxylic acids is 1. The van der Waals surface area contributed by atoms with E-state index in [1.54, 1.807) is 29.4 Å². The highest BCUT2D eigenvalue weighted by atomic mass is 35.5. The van der Waals surface area contributed by atoms with E-state index < -0.39 is 18.6 Å². The fourth-order valence-electron chi connectivity index (χ4n) is 4.41. The highest BCUT2D eigenvalue weighted by molar-refractivity contribution is 6.33. The Morgan fingerprint density at radius 1 is 1.25 bits per heavy atom. The van der Waals surface area contributed by atoms with Crippen molar-refractivity contribution >= 4 is 23.2 Å². The van der Waals surface area contributed by atoms with Gasteiger partial charge in [-0.2, -0.15) is 0 Å². The molecule has 2 heterocycles. The number of anilines is 1. The smallest absolute Gasteiger partial charge is 0.405 e. The number of hydrogen-bond donors (Lipinski definition) is 2. The summed E-state index contributed by atoms with van der Waals surface area (Å²) >= 11 is 6.40. The maximum atomic E-state index is 13.2. The molecule has 0 saturated carbocycles. The lowest BCUT2D eigenvalue weighted by molar-refractivity contribution is -0.274. The summed E-state index contributed by atoms with van der Waals surface area (Å²) in [4.78, 5) is 19.2. The molecule has 192 valence electrons. The number of aliphatic hydroxyl groups excluding tert-OH is 1. The fourth-order valence-corrected chi connectivity index (χ4v) is 4.69. The van der Waals surface area contributed by atoms with Crippen molar-refractivity contribution in [3.05, 3.63) is 65.7 Å². The number of imidazole rings is 1. The van der Waals surface area contributed by atoms with Crippen molar-refractivity contribution in [1.82, 2.24) is 14.5 Å². The van der Waals surface area contributed by atoms with Gasteiger partial charge < -0.3 is 19.7 Å². The van der Waals surface area contributed by atoms with E-state index in [1.165, 1.54) is 30.3 Å².